The Morgan fingerprint density at radius 2 is 1.57 bits per heavy atom. The largest absolute Gasteiger partial charge is 0.413 e. The smallest absolute Gasteiger partial charge is 0.192 e. The lowest BCUT2D eigenvalue weighted by Crippen LogP contribution is -2.49. The first-order chi connectivity index (χ1) is 23.4. The lowest BCUT2D eigenvalue weighted by Gasteiger charge is -2.45. The van der Waals surface area contributed by atoms with E-state index in [1.807, 2.05) is 18.2 Å². The highest BCUT2D eigenvalue weighted by atomic mass is 28.4. The van der Waals surface area contributed by atoms with Gasteiger partial charge in [-0.3, -0.25) is 4.79 Å². The molecule has 0 aliphatic heterocycles. The zero-order valence-corrected chi connectivity index (χ0v) is 37.2. The molecular formula is C46H74O3Si2. The second-order valence-corrected chi connectivity index (χ2v) is 29.7. The highest BCUT2D eigenvalue weighted by Crippen LogP contribution is 2.57. The van der Waals surface area contributed by atoms with Crippen LogP contribution in [0, 0.1) is 17.3 Å². The minimum atomic E-state index is -2.00. The van der Waals surface area contributed by atoms with E-state index in [9.17, 15) is 4.79 Å². The molecule has 0 spiro atoms. The number of rotatable bonds is 12. The van der Waals surface area contributed by atoms with Crippen molar-refractivity contribution in [1.29, 1.82) is 0 Å². The van der Waals surface area contributed by atoms with Gasteiger partial charge in [0.05, 0.1) is 12.2 Å². The van der Waals surface area contributed by atoms with E-state index in [-0.39, 0.29) is 27.7 Å². The normalized spacial score (nSPS) is 27.5. The van der Waals surface area contributed by atoms with Crippen molar-refractivity contribution in [3.05, 3.63) is 83.0 Å². The molecule has 0 radical (unpaired) electrons. The van der Waals surface area contributed by atoms with Gasteiger partial charge in [-0.2, -0.15) is 0 Å². The van der Waals surface area contributed by atoms with Gasteiger partial charge in [0, 0.05) is 18.3 Å². The van der Waals surface area contributed by atoms with Crippen molar-refractivity contribution in [2.45, 2.75) is 181 Å². The molecule has 2 saturated carbocycles. The minimum Gasteiger partial charge on any atom is -0.413 e. The first-order valence-electron chi connectivity index (χ1n) is 20.1. The summed E-state index contributed by atoms with van der Waals surface area (Å²) in [5, 5.41) is 0.297. The van der Waals surface area contributed by atoms with Crippen molar-refractivity contribution in [2.24, 2.45) is 17.3 Å². The van der Waals surface area contributed by atoms with Gasteiger partial charge in [0.2, 0.25) is 0 Å². The van der Waals surface area contributed by atoms with Gasteiger partial charge in [-0.25, -0.2) is 0 Å². The maximum absolute atomic E-state index is 13.3. The van der Waals surface area contributed by atoms with Gasteiger partial charge in [0.15, 0.2) is 16.6 Å². The highest BCUT2D eigenvalue weighted by molar-refractivity contribution is 6.74. The summed E-state index contributed by atoms with van der Waals surface area (Å²) in [7, 11) is -3.96. The van der Waals surface area contributed by atoms with Gasteiger partial charge in [-0.1, -0.05) is 122 Å². The van der Waals surface area contributed by atoms with Gasteiger partial charge in [0.25, 0.3) is 0 Å². The molecule has 3 nitrogen and oxygen atoms in total. The van der Waals surface area contributed by atoms with Crippen LogP contribution in [-0.4, -0.2) is 34.6 Å². The zero-order valence-electron chi connectivity index (χ0n) is 35.2. The molecule has 1 aromatic carbocycles. The van der Waals surface area contributed by atoms with Crippen LogP contribution < -0.4 is 0 Å². The predicted octanol–water partition coefficient (Wildman–Crippen LogP) is 13.5. The van der Waals surface area contributed by atoms with E-state index in [4.69, 9.17) is 15.4 Å². The summed E-state index contributed by atoms with van der Waals surface area (Å²) in [6.45, 7) is 37.3. The molecule has 5 atom stereocenters. The molecule has 51 heavy (non-hydrogen) atoms. The summed E-state index contributed by atoms with van der Waals surface area (Å²) in [6.07, 6.45) is 16.8. The number of fused-ring (bicyclic) bond motifs is 1. The summed E-state index contributed by atoms with van der Waals surface area (Å²) < 4.78 is 14.2. The molecule has 284 valence electrons. The van der Waals surface area contributed by atoms with E-state index < -0.39 is 22.0 Å². The van der Waals surface area contributed by atoms with E-state index in [0.717, 1.165) is 43.2 Å². The summed E-state index contributed by atoms with van der Waals surface area (Å²) in [5.41, 5.74) is 6.57. The Morgan fingerprint density at radius 3 is 2.18 bits per heavy atom. The third-order valence-electron chi connectivity index (χ3n) is 14.1. The van der Waals surface area contributed by atoms with Crippen LogP contribution in [0.5, 0.6) is 0 Å². The molecule has 0 heterocycles. The second kappa shape index (κ2) is 15.5. The fourth-order valence-electron chi connectivity index (χ4n) is 8.43. The lowest BCUT2D eigenvalue weighted by molar-refractivity contribution is -0.123. The Morgan fingerprint density at radius 1 is 0.961 bits per heavy atom. The monoisotopic (exact) mass is 731 g/mol. The number of hydrogen-bond acceptors (Lipinski definition) is 3. The standard InChI is InChI=1S/C46H74O3Si2/c1-33(21-19-25-42(47)45(9,10)37-23-17-16-18-24-37)39-28-29-40-35(22-20-30-46(39,40)11)26-27-36-31-38(48-50(12,13)43(3,4)5)32-41(34(36)2)49-51(14,15)44(6,7)8/h16-18,23-24,26-28,33,38,40-41H,2,19-22,25,29-32H2,1,3-15H3/b35-26+,36-27-/t33-,38+,40+,41-,46-/m1/s1. The first-order valence-corrected chi connectivity index (χ1v) is 26.0. The number of Topliss-reactive ketones (excluding diaryl/α,β-unsaturated/α-hetero) is 1. The predicted molar refractivity (Wildman–Crippen MR) is 224 cm³/mol. The molecule has 4 rings (SSSR count). The fourth-order valence-corrected chi connectivity index (χ4v) is 11.1. The lowest BCUT2D eigenvalue weighted by atomic mass is 9.62. The van der Waals surface area contributed by atoms with Crippen LogP contribution >= 0.6 is 0 Å². The molecule has 2 fully saturated rings. The minimum absolute atomic E-state index is 0.00132. The van der Waals surface area contributed by atoms with Crippen LogP contribution in [0.1, 0.15) is 133 Å². The summed E-state index contributed by atoms with van der Waals surface area (Å²) >= 11 is 0. The van der Waals surface area contributed by atoms with Crippen molar-refractivity contribution < 1.29 is 13.6 Å². The van der Waals surface area contributed by atoms with Crippen LogP contribution in [0.4, 0.5) is 0 Å². The first kappa shape index (κ1) is 42.0. The molecule has 3 aliphatic carbocycles. The summed E-state index contributed by atoms with van der Waals surface area (Å²) in [5.74, 6) is 1.39. The number of allylic oxidation sites excluding steroid dienone is 5. The quantitative estimate of drug-likeness (QED) is 0.159. The SMILES string of the molecule is C=C1/C(=C\C=C2/CCC[C@]3(C)C([C@H](C)CCCC(=O)C(C)(C)c4ccccc4)=CC[C@@H]23)C[C@H](O[Si](C)(C)C(C)(C)C)C[C@H]1O[Si](C)(C)C(C)(C)C. The van der Waals surface area contributed by atoms with Gasteiger partial charge >= 0.3 is 0 Å². The van der Waals surface area contributed by atoms with E-state index in [1.165, 1.54) is 24.8 Å². The van der Waals surface area contributed by atoms with Crippen molar-refractivity contribution in [2.75, 3.05) is 0 Å². The average Bonchev–Trinajstić information content (AvgIpc) is 3.38. The Bertz CT molecular complexity index is 1500. The Balaban J connectivity index is 1.50. The molecule has 0 N–H and O–H groups in total. The van der Waals surface area contributed by atoms with Crippen LogP contribution in [0.25, 0.3) is 0 Å². The number of ketones is 1. The third kappa shape index (κ3) is 9.30. The number of hydrogen-bond donors (Lipinski definition) is 0. The van der Waals surface area contributed by atoms with Gasteiger partial charge in [-0.15, -0.1) is 0 Å². The van der Waals surface area contributed by atoms with E-state index in [1.54, 1.807) is 11.1 Å². The second-order valence-electron chi connectivity index (χ2n) is 20.2. The fraction of sp³-hybridized carbons (Fsp3) is 0.674. The maximum atomic E-state index is 13.3. The van der Waals surface area contributed by atoms with Gasteiger partial charge in [-0.05, 0) is 129 Å². The van der Waals surface area contributed by atoms with Crippen molar-refractivity contribution in [3.8, 4) is 0 Å². The molecule has 0 unspecified atom stereocenters. The number of carbonyl (C=O) groups is 1. The molecule has 1 aromatic rings. The number of carbonyl (C=O) groups excluding carboxylic acids is 1. The van der Waals surface area contributed by atoms with Crippen LogP contribution in [0.15, 0.2) is 77.4 Å². The molecule has 5 heteroatoms. The van der Waals surface area contributed by atoms with E-state index >= 15 is 0 Å². The molecule has 0 saturated heterocycles. The van der Waals surface area contributed by atoms with Crippen molar-refractivity contribution in [1.82, 2.24) is 0 Å². The highest BCUT2D eigenvalue weighted by Gasteiger charge is 2.47. The average molecular weight is 731 g/mol. The van der Waals surface area contributed by atoms with Crippen molar-refractivity contribution >= 4 is 22.4 Å². The zero-order chi connectivity index (χ0) is 38.2. The third-order valence-corrected chi connectivity index (χ3v) is 23.1. The Hall–Kier alpha value is -1.80. The van der Waals surface area contributed by atoms with Crippen molar-refractivity contribution in [3.63, 3.8) is 0 Å². The van der Waals surface area contributed by atoms with Gasteiger partial charge < -0.3 is 8.85 Å². The van der Waals surface area contributed by atoms with E-state index in [0.29, 0.717) is 24.0 Å². The maximum Gasteiger partial charge on any atom is 0.192 e. The Kier molecular flexibility index (Phi) is 12.8. The van der Waals surface area contributed by atoms with Gasteiger partial charge in [0.1, 0.15) is 5.78 Å². The van der Waals surface area contributed by atoms with Crippen LogP contribution in [-0.2, 0) is 19.1 Å². The molecule has 3 aliphatic rings. The topological polar surface area (TPSA) is 35.5 Å². The van der Waals surface area contributed by atoms with Crippen LogP contribution in [0.3, 0.4) is 0 Å². The van der Waals surface area contributed by atoms with E-state index in [2.05, 4.69) is 126 Å². The summed E-state index contributed by atoms with van der Waals surface area (Å²) in [4.78, 5) is 13.3. The molecule has 0 bridgehead atoms. The molecular weight excluding hydrogens is 657 g/mol. The molecule has 0 aromatic heterocycles. The molecule has 0 amide bonds. The summed E-state index contributed by atoms with van der Waals surface area (Å²) in [6, 6.07) is 10.3. The Labute approximate surface area is 316 Å². The number of benzene rings is 1. The van der Waals surface area contributed by atoms with Crippen LogP contribution in [0.2, 0.25) is 36.3 Å².